The summed E-state index contributed by atoms with van der Waals surface area (Å²) >= 11 is 12.0. The number of benzene rings is 1. The highest BCUT2D eigenvalue weighted by Crippen LogP contribution is 2.44. The van der Waals surface area contributed by atoms with Crippen molar-refractivity contribution in [3.05, 3.63) is 21.7 Å². The number of carboxylic acid groups (broad SMARTS) is 1. The molecule has 0 aliphatic carbocycles. The van der Waals surface area contributed by atoms with Crippen LogP contribution in [0.5, 0.6) is 5.75 Å². The molecule has 0 unspecified atom stereocenters. The van der Waals surface area contributed by atoms with E-state index in [0.29, 0.717) is 5.56 Å². The summed E-state index contributed by atoms with van der Waals surface area (Å²) in [5, 5.41) is 8.67. The maximum absolute atomic E-state index is 12.1. The number of carbonyl (C=O) groups is 1. The fourth-order valence-electron chi connectivity index (χ4n) is 1.82. The van der Waals surface area contributed by atoms with E-state index in [2.05, 4.69) is 0 Å². The molecule has 1 heterocycles. The molecule has 110 valence electrons. The van der Waals surface area contributed by atoms with Gasteiger partial charge in [-0.25, -0.2) is 17.5 Å². The predicted molar refractivity (Wildman–Crippen MR) is 73.1 cm³/mol. The molecule has 0 fully saturated rings. The standard InChI is InChI=1S/C11H11Cl2NO5S/c1-14(2)20(17,18)7-4-5-3-6(11(15)16)19-10(5)9(13)8(7)12/h4,6H,3H2,1-2H3,(H,15,16)/t6-/m1/s1. The normalized spacial score (nSPS) is 17.9. The van der Waals surface area contributed by atoms with Gasteiger partial charge in [0, 0.05) is 26.1 Å². The SMILES string of the molecule is CN(C)S(=O)(=O)c1cc2c(c(Cl)c1Cl)O[C@@H](C(=O)O)C2. The maximum atomic E-state index is 12.1. The van der Waals surface area contributed by atoms with E-state index in [1.807, 2.05) is 0 Å². The highest BCUT2D eigenvalue weighted by Gasteiger charge is 2.35. The van der Waals surface area contributed by atoms with E-state index >= 15 is 0 Å². The molecule has 1 aromatic carbocycles. The van der Waals surface area contributed by atoms with Crippen LogP contribution in [-0.2, 0) is 21.2 Å². The molecule has 0 aromatic heterocycles. The Hall–Kier alpha value is -1.02. The minimum atomic E-state index is -3.78. The molecule has 0 bridgehead atoms. The van der Waals surface area contributed by atoms with Gasteiger partial charge in [0.05, 0.1) is 5.02 Å². The van der Waals surface area contributed by atoms with Gasteiger partial charge in [0.15, 0.2) is 6.10 Å². The number of sulfonamides is 1. The average molecular weight is 340 g/mol. The second-order valence-electron chi connectivity index (χ2n) is 4.43. The summed E-state index contributed by atoms with van der Waals surface area (Å²) in [5.74, 6) is -1.02. The molecule has 0 saturated carbocycles. The van der Waals surface area contributed by atoms with Gasteiger partial charge < -0.3 is 9.84 Å². The van der Waals surface area contributed by atoms with E-state index in [9.17, 15) is 13.2 Å². The molecule has 2 rings (SSSR count). The lowest BCUT2D eigenvalue weighted by molar-refractivity contribution is -0.144. The number of halogens is 2. The quantitative estimate of drug-likeness (QED) is 0.904. The molecule has 1 aliphatic rings. The second kappa shape index (κ2) is 5.07. The number of aliphatic carboxylic acids is 1. The first-order valence-electron chi connectivity index (χ1n) is 5.49. The summed E-state index contributed by atoms with van der Waals surface area (Å²) in [5.41, 5.74) is 0.409. The van der Waals surface area contributed by atoms with Gasteiger partial charge in [-0.2, -0.15) is 0 Å². The lowest BCUT2D eigenvalue weighted by Crippen LogP contribution is -2.24. The molecule has 1 atom stereocenters. The van der Waals surface area contributed by atoms with Crippen LogP contribution >= 0.6 is 23.2 Å². The van der Waals surface area contributed by atoms with Gasteiger partial charge in [0.1, 0.15) is 15.7 Å². The third-order valence-electron chi connectivity index (χ3n) is 2.90. The Morgan fingerprint density at radius 2 is 2.00 bits per heavy atom. The Balaban J connectivity index is 2.60. The molecule has 20 heavy (non-hydrogen) atoms. The van der Waals surface area contributed by atoms with Crippen LogP contribution in [0.4, 0.5) is 0 Å². The van der Waals surface area contributed by atoms with Crippen LogP contribution in [-0.4, -0.2) is 44.0 Å². The Morgan fingerprint density at radius 1 is 1.40 bits per heavy atom. The van der Waals surface area contributed by atoms with Gasteiger partial charge in [-0.05, 0) is 6.07 Å². The zero-order chi connectivity index (χ0) is 15.2. The van der Waals surface area contributed by atoms with Crippen LogP contribution < -0.4 is 4.74 Å². The van der Waals surface area contributed by atoms with Gasteiger partial charge in [0.2, 0.25) is 10.0 Å². The monoisotopic (exact) mass is 339 g/mol. The number of ether oxygens (including phenoxy) is 1. The first kappa shape index (κ1) is 15.4. The molecule has 6 nitrogen and oxygen atoms in total. The zero-order valence-electron chi connectivity index (χ0n) is 10.6. The Morgan fingerprint density at radius 3 is 2.50 bits per heavy atom. The molecule has 0 amide bonds. The van der Waals surface area contributed by atoms with Crippen LogP contribution in [0.15, 0.2) is 11.0 Å². The van der Waals surface area contributed by atoms with Gasteiger partial charge in [-0.3, -0.25) is 0 Å². The number of hydrogen-bond donors (Lipinski definition) is 1. The summed E-state index contributed by atoms with van der Waals surface area (Å²) in [7, 11) is -1.05. The fraction of sp³-hybridized carbons (Fsp3) is 0.364. The molecule has 1 aromatic rings. The molecule has 1 N–H and O–H groups in total. The Bertz CT molecular complexity index is 687. The summed E-state index contributed by atoms with van der Waals surface area (Å²) in [6.07, 6.45) is -1.05. The fourth-order valence-corrected chi connectivity index (χ4v) is 3.59. The van der Waals surface area contributed by atoms with Crippen LogP contribution in [0.2, 0.25) is 10.0 Å². The molecule has 0 radical (unpaired) electrons. The summed E-state index contributed by atoms with van der Waals surface area (Å²) in [4.78, 5) is 10.8. The lowest BCUT2D eigenvalue weighted by atomic mass is 10.1. The molecule has 1 aliphatic heterocycles. The van der Waals surface area contributed by atoms with Crippen molar-refractivity contribution in [2.24, 2.45) is 0 Å². The smallest absolute Gasteiger partial charge is 0.345 e. The van der Waals surface area contributed by atoms with Crippen LogP contribution in [0.1, 0.15) is 5.56 Å². The third kappa shape index (κ3) is 2.35. The summed E-state index contributed by atoms with van der Waals surface area (Å²) < 4.78 is 30.5. The van der Waals surface area contributed by atoms with E-state index in [4.69, 9.17) is 33.0 Å². The van der Waals surface area contributed by atoms with Crippen molar-refractivity contribution in [3.63, 3.8) is 0 Å². The topological polar surface area (TPSA) is 83.9 Å². The molecular weight excluding hydrogens is 329 g/mol. The number of nitrogens with zero attached hydrogens (tertiary/aromatic N) is 1. The summed E-state index contributed by atoms with van der Waals surface area (Å²) in [6, 6.07) is 1.31. The zero-order valence-corrected chi connectivity index (χ0v) is 12.9. The van der Waals surface area contributed by atoms with Gasteiger partial charge in [0.25, 0.3) is 0 Å². The number of rotatable bonds is 3. The second-order valence-corrected chi connectivity index (χ2v) is 7.30. The van der Waals surface area contributed by atoms with Gasteiger partial charge >= 0.3 is 5.97 Å². The van der Waals surface area contributed by atoms with Crippen molar-refractivity contribution >= 4 is 39.2 Å². The largest absolute Gasteiger partial charge is 0.478 e. The van der Waals surface area contributed by atoms with E-state index < -0.39 is 22.1 Å². The number of fused-ring (bicyclic) bond motifs is 1. The third-order valence-corrected chi connectivity index (χ3v) is 5.71. The Kier molecular flexibility index (Phi) is 3.90. The summed E-state index contributed by atoms with van der Waals surface area (Å²) in [6.45, 7) is 0. The van der Waals surface area contributed by atoms with Crippen LogP contribution in [0.25, 0.3) is 0 Å². The van der Waals surface area contributed by atoms with Crippen molar-refractivity contribution in [2.75, 3.05) is 14.1 Å². The van der Waals surface area contributed by atoms with Crippen LogP contribution in [0.3, 0.4) is 0 Å². The molecule has 0 saturated heterocycles. The van der Waals surface area contributed by atoms with Gasteiger partial charge in [-0.15, -0.1) is 0 Å². The van der Waals surface area contributed by atoms with Crippen molar-refractivity contribution < 1.29 is 23.1 Å². The lowest BCUT2D eigenvalue weighted by Gasteiger charge is -2.15. The average Bonchev–Trinajstić information content (AvgIpc) is 2.77. The van der Waals surface area contributed by atoms with Crippen molar-refractivity contribution in [3.8, 4) is 5.75 Å². The van der Waals surface area contributed by atoms with E-state index in [1.165, 1.54) is 20.2 Å². The molecule has 9 heteroatoms. The highest BCUT2D eigenvalue weighted by molar-refractivity contribution is 7.89. The van der Waals surface area contributed by atoms with Crippen molar-refractivity contribution in [1.29, 1.82) is 0 Å². The van der Waals surface area contributed by atoms with E-state index in [0.717, 1.165) is 4.31 Å². The van der Waals surface area contributed by atoms with Crippen LogP contribution in [0, 0.1) is 0 Å². The first-order valence-corrected chi connectivity index (χ1v) is 7.68. The minimum absolute atomic E-state index is 0.0392. The van der Waals surface area contributed by atoms with E-state index in [1.54, 1.807) is 0 Å². The van der Waals surface area contributed by atoms with E-state index in [-0.39, 0.29) is 27.1 Å². The maximum Gasteiger partial charge on any atom is 0.345 e. The number of carboxylic acids is 1. The predicted octanol–water partition coefficient (Wildman–Crippen LogP) is 1.63. The first-order chi connectivity index (χ1) is 9.16. The minimum Gasteiger partial charge on any atom is -0.478 e. The van der Waals surface area contributed by atoms with Gasteiger partial charge in [-0.1, -0.05) is 23.2 Å². The Labute approximate surface area is 125 Å². The number of hydrogen-bond acceptors (Lipinski definition) is 4. The van der Waals surface area contributed by atoms with Crippen molar-refractivity contribution in [2.45, 2.75) is 17.4 Å². The molecular formula is C11H11Cl2NO5S. The molecule has 0 spiro atoms. The highest BCUT2D eigenvalue weighted by atomic mass is 35.5. The van der Waals surface area contributed by atoms with Crippen molar-refractivity contribution in [1.82, 2.24) is 4.31 Å².